The van der Waals surface area contributed by atoms with Gasteiger partial charge in [0.2, 0.25) is 6.79 Å². The van der Waals surface area contributed by atoms with Gasteiger partial charge in [-0.05, 0) is 49.4 Å². The molecule has 0 bridgehead atoms. The summed E-state index contributed by atoms with van der Waals surface area (Å²) in [6.45, 7) is 1.86. The van der Waals surface area contributed by atoms with Crippen molar-refractivity contribution in [1.82, 2.24) is 9.78 Å². The highest BCUT2D eigenvalue weighted by atomic mass is 32.1. The molecule has 0 fully saturated rings. The van der Waals surface area contributed by atoms with Gasteiger partial charge < -0.3 is 15.2 Å². The molecule has 1 aromatic heterocycles. The van der Waals surface area contributed by atoms with Gasteiger partial charge in [0.25, 0.3) is 0 Å². The summed E-state index contributed by atoms with van der Waals surface area (Å²) in [6, 6.07) is 10.9. The van der Waals surface area contributed by atoms with E-state index in [1.54, 1.807) is 43.3 Å². The molecule has 1 aliphatic rings. The minimum atomic E-state index is -4.56. The van der Waals surface area contributed by atoms with Gasteiger partial charge in [-0.1, -0.05) is 0 Å². The molecule has 0 radical (unpaired) electrons. The SMILES string of the molecule is Cc1c(-c2cc(C(F)(F)F)nn2-c2ccc(N)cc2)ccc2c1OCO2.O=S=O. The molecule has 0 spiro atoms. The topological polar surface area (TPSA) is 96.4 Å². The summed E-state index contributed by atoms with van der Waals surface area (Å²) in [5.74, 6) is 1.10. The molecule has 3 aromatic rings. The normalized spacial score (nSPS) is 12.3. The van der Waals surface area contributed by atoms with E-state index in [1.807, 2.05) is 0 Å². The first-order valence-electron chi connectivity index (χ1n) is 8.10. The van der Waals surface area contributed by atoms with Crippen LogP contribution in [0.4, 0.5) is 18.9 Å². The highest BCUT2D eigenvalue weighted by Gasteiger charge is 2.35. The van der Waals surface area contributed by atoms with E-state index in [0.29, 0.717) is 39.7 Å². The van der Waals surface area contributed by atoms with Crippen LogP contribution in [0.5, 0.6) is 11.5 Å². The standard InChI is InChI=1S/C18H14F3N3O2.O2S/c1-10-13(6-7-15-17(10)26-9-25-15)14-8-16(18(19,20)21)23-24(14)12-4-2-11(22)3-5-12;1-3-2/h2-8H,9,22H2,1H3;. The number of hydrogen-bond acceptors (Lipinski definition) is 6. The van der Waals surface area contributed by atoms with Crippen LogP contribution in [0.15, 0.2) is 42.5 Å². The lowest BCUT2D eigenvalue weighted by atomic mass is 10.0. The van der Waals surface area contributed by atoms with Crippen molar-refractivity contribution in [2.75, 3.05) is 12.5 Å². The summed E-state index contributed by atoms with van der Waals surface area (Å²) >= 11 is -0.750. The van der Waals surface area contributed by atoms with Gasteiger partial charge in [-0.3, -0.25) is 0 Å². The second-order valence-electron chi connectivity index (χ2n) is 5.96. The quantitative estimate of drug-likeness (QED) is 0.632. The molecule has 0 unspecified atom stereocenters. The number of anilines is 1. The van der Waals surface area contributed by atoms with E-state index in [1.165, 1.54) is 4.68 Å². The van der Waals surface area contributed by atoms with Crippen LogP contribution in [0.2, 0.25) is 0 Å². The maximum atomic E-state index is 13.3. The van der Waals surface area contributed by atoms with Gasteiger partial charge in [-0.2, -0.15) is 26.7 Å². The van der Waals surface area contributed by atoms with Crippen molar-refractivity contribution in [1.29, 1.82) is 0 Å². The summed E-state index contributed by atoms with van der Waals surface area (Å²) in [5, 5.41) is 3.77. The predicted octanol–water partition coefficient (Wildman–Crippen LogP) is 3.51. The van der Waals surface area contributed by atoms with E-state index in [4.69, 9.17) is 23.6 Å². The molecule has 7 nitrogen and oxygen atoms in total. The minimum absolute atomic E-state index is 0.0879. The molecule has 2 aromatic carbocycles. The molecule has 11 heteroatoms. The number of fused-ring (bicyclic) bond motifs is 1. The lowest BCUT2D eigenvalue weighted by Crippen LogP contribution is -2.07. The number of ether oxygens (including phenoxy) is 2. The van der Waals surface area contributed by atoms with Gasteiger partial charge in [0, 0.05) is 16.8 Å². The van der Waals surface area contributed by atoms with Crippen LogP contribution in [0.25, 0.3) is 16.9 Å². The van der Waals surface area contributed by atoms with E-state index in [2.05, 4.69) is 5.10 Å². The van der Waals surface area contributed by atoms with Crippen molar-refractivity contribution in [2.24, 2.45) is 0 Å². The molecule has 1 aliphatic heterocycles. The lowest BCUT2D eigenvalue weighted by molar-refractivity contribution is -0.141. The fourth-order valence-corrected chi connectivity index (χ4v) is 2.91. The van der Waals surface area contributed by atoms with Crippen molar-refractivity contribution >= 4 is 17.3 Å². The number of nitrogens with two attached hydrogens (primary N) is 1. The Morgan fingerprint density at radius 3 is 2.38 bits per heavy atom. The number of hydrogen-bond donors (Lipinski definition) is 1. The second kappa shape index (κ2) is 7.95. The van der Waals surface area contributed by atoms with E-state index >= 15 is 0 Å². The maximum absolute atomic E-state index is 13.3. The molecule has 152 valence electrons. The summed E-state index contributed by atoms with van der Waals surface area (Å²) in [5.41, 5.74) is 7.26. The predicted molar refractivity (Wildman–Crippen MR) is 98.2 cm³/mol. The van der Waals surface area contributed by atoms with E-state index in [9.17, 15) is 13.2 Å². The van der Waals surface area contributed by atoms with Crippen LogP contribution in [0.3, 0.4) is 0 Å². The molecule has 0 saturated carbocycles. The number of alkyl halides is 3. The smallest absolute Gasteiger partial charge is 0.435 e. The van der Waals surface area contributed by atoms with Gasteiger partial charge in [0.05, 0.1) is 11.4 Å². The average molecular weight is 425 g/mol. The van der Waals surface area contributed by atoms with Crippen molar-refractivity contribution in [2.45, 2.75) is 13.1 Å². The third kappa shape index (κ3) is 4.09. The molecule has 0 aliphatic carbocycles. The Kier molecular flexibility index (Phi) is 5.59. The van der Waals surface area contributed by atoms with Crippen LogP contribution < -0.4 is 15.2 Å². The molecule has 0 amide bonds. The molecular formula is C18H14F3N3O4S. The second-order valence-corrected chi connectivity index (χ2v) is 6.09. The molecule has 2 heterocycles. The minimum Gasteiger partial charge on any atom is -0.454 e. The average Bonchev–Trinajstić information content (AvgIpc) is 3.30. The Morgan fingerprint density at radius 1 is 1.10 bits per heavy atom. The summed E-state index contributed by atoms with van der Waals surface area (Å²) < 4.78 is 68.4. The van der Waals surface area contributed by atoms with E-state index in [-0.39, 0.29) is 6.79 Å². The van der Waals surface area contributed by atoms with Crippen LogP contribution >= 0.6 is 0 Å². The zero-order chi connectivity index (χ0) is 21.2. The molecule has 0 saturated heterocycles. The zero-order valence-corrected chi connectivity index (χ0v) is 15.7. The largest absolute Gasteiger partial charge is 0.454 e. The first kappa shape index (κ1) is 20.4. The maximum Gasteiger partial charge on any atom is 0.435 e. The Morgan fingerprint density at radius 2 is 1.76 bits per heavy atom. The number of rotatable bonds is 2. The number of halogens is 3. The van der Waals surface area contributed by atoms with Crippen molar-refractivity contribution in [3.8, 4) is 28.4 Å². The van der Waals surface area contributed by atoms with Gasteiger partial charge in [-0.15, -0.1) is 0 Å². The van der Waals surface area contributed by atoms with E-state index in [0.717, 1.165) is 6.07 Å². The Labute approximate surface area is 166 Å². The van der Waals surface area contributed by atoms with Crippen LogP contribution in [0, 0.1) is 6.92 Å². The molecule has 29 heavy (non-hydrogen) atoms. The summed E-state index contributed by atoms with van der Waals surface area (Å²) in [4.78, 5) is 0. The number of aromatic nitrogens is 2. The monoisotopic (exact) mass is 425 g/mol. The number of nitrogen functional groups attached to an aromatic ring is 1. The molecule has 2 N–H and O–H groups in total. The summed E-state index contributed by atoms with van der Waals surface area (Å²) in [7, 11) is 0. The highest BCUT2D eigenvalue weighted by Crippen LogP contribution is 2.42. The fraction of sp³-hybridized carbons (Fsp3) is 0.167. The molecular weight excluding hydrogens is 411 g/mol. The number of benzene rings is 2. The number of nitrogens with zero attached hydrogens (tertiary/aromatic N) is 2. The van der Waals surface area contributed by atoms with Crippen molar-refractivity contribution in [3.63, 3.8) is 0 Å². The van der Waals surface area contributed by atoms with E-state index < -0.39 is 23.4 Å². The lowest BCUT2D eigenvalue weighted by Gasteiger charge is -2.11. The highest BCUT2D eigenvalue weighted by molar-refractivity contribution is 7.51. The molecule has 4 rings (SSSR count). The Hall–Kier alpha value is -3.34. The summed E-state index contributed by atoms with van der Waals surface area (Å²) in [6.07, 6.45) is -4.56. The third-order valence-electron chi connectivity index (χ3n) is 4.20. The van der Waals surface area contributed by atoms with Gasteiger partial charge in [-0.25, -0.2) is 4.68 Å². The Bertz CT molecular complexity index is 1080. The molecule has 0 atom stereocenters. The first-order chi connectivity index (χ1) is 13.8. The third-order valence-corrected chi connectivity index (χ3v) is 4.20. The zero-order valence-electron chi connectivity index (χ0n) is 14.9. The van der Waals surface area contributed by atoms with Crippen LogP contribution in [-0.2, 0) is 17.7 Å². The van der Waals surface area contributed by atoms with Gasteiger partial charge in [0.15, 0.2) is 17.2 Å². The van der Waals surface area contributed by atoms with Crippen molar-refractivity contribution < 1.29 is 31.1 Å². The van der Waals surface area contributed by atoms with Crippen LogP contribution in [-0.4, -0.2) is 25.0 Å². The van der Waals surface area contributed by atoms with Gasteiger partial charge in [0.1, 0.15) is 0 Å². The van der Waals surface area contributed by atoms with Crippen LogP contribution in [0.1, 0.15) is 11.3 Å². The Balaban J connectivity index is 0.000000755. The van der Waals surface area contributed by atoms with Gasteiger partial charge >= 0.3 is 17.7 Å². The first-order valence-corrected chi connectivity index (χ1v) is 8.77. The fourth-order valence-electron chi connectivity index (χ4n) is 2.91. The van der Waals surface area contributed by atoms with Crippen molar-refractivity contribution in [3.05, 3.63) is 53.7 Å².